The lowest BCUT2D eigenvalue weighted by molar-refractivity contribution is 0.112. The van der Waals surface area contributed by atoms with Gasteiger partial charge >= 0.3 is 0 Å². The summed E-state index contributed by atoms with van der Waals surface area (Å²) in [6, 6.07) is 5.18. The molecule has 0 bridgehead atoms. The van der Waals surface area contributed by atoms with Gasteiger partial charge in [0, 0.05) is 48.5 Å². The van der Waals surface area contributed by atoms with Gasteiger partial charge in [-0.25, -0.2) is 9.97 Å². The molecule has 0 atom stereocenters. The number of aryl methyl sites for hydroxylation is 2. The second kappa shape index (κ2) is 6.41. The van der Waals surface area contributed by atoms with Crippen molar-refractivity contribution in [3.05, 3.63) is 64.7 Å². The third-order valence-electron chi connectivity index (χ3n) is 3.54. The average molecular weight is 321 g/mol. The van der Waals surface area contributed by atoms with E-state index in [0.29, 0.717) is 22.6 Å². The summed E-state index contributed by atoms with van der Waals surface area (Å²) in [5.41, 5.74) is 2.85. The molecular formula is C17H15N5O2. The van der Waals surface area contributed by atoms with E-state index in [0.717, 1.165) is 17.5 Å². The lowest BCUT2D eigenvalue weighted by Crippen LogP contribution is -2.19. The zero-order chi connectivity index (χ0) is 17.1. The number of aldehydes is 1. The molecule has 0 fully saturated rings. The van der Waals surface area contributed by atoms with Crippen molar-refractivity contribution in [2.24, 2.45) is 7.05 Å². The molecule has 0 saturated heterocycles. The Morgan fingerprint density at radius 3 is 2.83 bits per heavy atom. The first-order valence-corrected chi connectivity index (χ1v) is 7.24. The molecule has 7 nitrogen and oxygen atoms in total. The Kier molecular flexibility index (Phi) is 4.15. The molecule has 0 amide bonds. The van der Waals surface area contributed by atoms with Gasteiger partial charge in [0.2, 0.25) is 0 Å². The van der Waals surface area contributed by atoms with Crippen LogP contribution in [-0.2, 0) is 7.05 Å². The summed E-state index contributed by atoms with van der Waals surface area (Å²) in [4.78, 5) is 35.7. The van der Waals surface area contributed by atoms with Gasteiger partial charge < -0.3 is 9.88 Å². The molecule has 24 heavy (non-hydrogen) atoms. The number of pyridine rings is 2. The third kappa shape index (κ3) is 3.05. The highest BCUT2D eigenvalue weighted by atomic mass is 16.1. The van der Waals surface area contributed by atoms with Crippen molar-refractivity contribution >= 4 is 17.8 Å². The van der Waals surface area contributed by atoms with E-state index >= 15 is 0 Å². The summed E-state index contributed by atoms with van der Waals surface area (Å²) in [5, 5.41) is 3.01. The Bertz CT molecular complexity index is 965. The van der Waals surface area contributed by atoms with Crippen LogP contribution in [0.2, 0.25) is 0 Å². The molecular weight excluding hydrogens is 306 g/mol. The predicted molar refractivity (Wildman–Crippen MR) is 90.4 cm³/mol. The number of hydrogen-bond donors (Lipinski definition) is 1. The van der Waals surface area contributed by atoms with E-state index in [1.165, 1.54) is 17.1 Å². The van der Waals surface area contributed by atoms with Crippen LogP contribution in [0.4, 0.5) is 11.5 Å². The van der Waals surface area contributed by atoms with Gasteiger partial charge in [-0.3, -0.25) is 14.6 Å². The van der Waals surface area contributed by atoms with Gasteiger partial charge in [-0.2, -0.15) is 0 Å². The maximum absolute atomic E-state index is 12.4. The van der Waals surface area contributed by atoms with Gasteiger partial charge in [0.25, 0.3) is 5.56 Å². The molecule has 0 unspecified atom stereocenters. The topological polar surface area (TPSA) is 89.8 Å². The molecule has 120 valence electrons. The number of anilines is 2. The van der Waals surface area contributed by atoms with Gasteiger partial charge in [-0.15, -0.1) is 0 Å². The fourth-order valence-electron chi connectivity index (χ4n) is 2.37. The first-order chi connectivity index (χ1) is 11.6. The first-order valence-electron chi connectivity index (χ1n) is 7.24. The molecule has 0 aliphatic carbocycles. The predicted octanol–water partition coefficient (Wildman–Crippen LogP) is 2.10. The van der Waals surface area contributed by atoms with Crippen molar-refractivity contribution in [3.63, 3.8) is 0 Å². The molecule has 0 spiro atoms. The number of carbonyl (C=O) groups is 1. The minimum absolute atomic E-state index is 0.197. The van der Waals surface area contributed by atoms with Crippen LogP contribution in [0.15, 0.2) is 47.9 Å². The molecule has 3 aromatic heterocycles. The van der Waals surface area contributed by atoms with Gasteiger partial charge in [0.05, 0.1) is 0 Å². The zero-order valence-corrected chi connectivity index (χ0v) is 13.2. The van der Waals surface area contributed by atoms with Crippen molar-refractivity contribution in [2.75, 3.05) is 5.32 Å². The molecule has 0 saturated carbocycles. The van der Waals surface area contributed by atoms with Crippen LogP contribution in [-0.4, -0.2) is 25.8 Å². The number of nitrogens with zero attached hydrogens (tertiary/aromatic N) is 4. The highest BCUT2D eigenvalue weighted by Crippen LogP contribution is 2.24. The third-order valence-corrected chi connectivity index (χ3v) is 3.54. The lowest BCUT2D eigenvalue weighted by Gasteiger charge is -2.11. The SMILES string of the molecule is Cc1cc(Nc2cc(-c3ccncc3C=O)cn(C)c2=O)ncn1. The van der Waals surface area contributed by atoms with Gasteiger partial charge in [-0.05, 0) is 24.6 Å². The first kappa shape index (κ1) is 15.5. The molecule has 1 N–H and O–H groups in total. The smallest absolute Gasteiger partial charge is 0.274 e. The Labute approximate surface area is 138 Å². The van der Waals surface area contributed by atoms with Gasteiger partial charge in [0.1, 0.15) is 17.8 Å². The van der Waals surface area contributed by atoms with E-state index < -0.39 is 0 Å². The lowest BCUT2D eigenvalue weighted by atomic mass is 10.0. The molecule has 3 rings (SSSR count). The van der Waals surface area contributed by atoms with Crippen LogP contribution < -0.4 is 10.9 Å². The number of carbonyl (C=O) groups excluding carboxylic acids is 1. The van der Waals surface area contributed by atoms with Crippen molar-refractivity contribution in [1.29, 1.82) is 0 Å². The summed E-state index contributed by atoms with van der Waals surface area (Å²) in [5.74, 6) is 0.530. The van der Waals surface area contributed by atoms with E-state index in [-0.39, 0.29) is 5.56 Å². The van der Waals surface area contributed by atoms with E-state index in [4.69, 9.17) is 0 Å². The van der Waals surface area contributed by atoms with Crippen molar-refractivity contribution in [2.45, 2.75) is 6.92 Å². The van der Waals surface area contributed by atoms with Crippen LogP contribution in [0.25, 0.3) is 11.1 Å². The molecule has 3 aromatic rings. The second-order valence-corrected chi connectivity index (χ2v) is 5.31. The van der Waals surface area contributed by atoms with Gasteiger partial charge in [-0.1, -0.05) is 0 Å². The Morgan fingerprint density at radius 2 is 2.08 bits per heavy atom. The van der Waals surface area contributed by atoms with E-state index in [1.54, 1.807) is 37.6 Å². The second-order valence-electron chi connectivity index (χ2n) is 5.31. The minimum atomic E-state index is -0.197. The number of rotatable bonds is 4. The Balaban J connectivity index is 2.09. The average Bonchev–Trinajstić information content (AvgIpc) is 2.58. The molecule has 7 heteroatoms. The highest BCUT2D eigenvalue weighted by Gasteiger charge is 2.10. The largest absolute Gasteiger partial charge is 0.336 e. The van der Waals surface area contributed by atoms with E-state index in [1.807, 2.05) is 6.92 Å². The number of aromatic nitrogens is 4. The molecule has 0 aliphatic rings. The monoisotopic (exact) mass is 321 g/mol. The quantitative estimate of drug-likeness (QED) is 0.740. The Hall–Kier alpha value is -3.35. The van der Waals surface area contributed by atoms with Crippen molar-refractivity contribution in [1.82, 2.24) is 19.5 Å². The fourth-order valence-corrected chi connectivity index (χ4v) is 2.37. The van der Waals surface area contributed by atoms with Crippen molar-refractivity contribution < 1.29 is 4.79 Å². The summed E-state index contributed by atoms with van der Waals surface area (Å²) >= 11 is 0. The fraction of sp³-hybridized carbons (Fsp3) is 0.118. The molecule has 0 radical (unpaired) electrons. The van der Waals surface area contributed by atoms with Crippen LogP contribution in [0.1, 0.15) is 16.1 Å². The van der Waals surface area contributed by atoms with E-state index in [2.05, 4.69) is 20.3 Å². The summed E-state index contributed by atoms with van der Waals surface area (Å²) in [6.45, 7) is 1.84. The maximum atomic E-state index is 12.4. The standard InChI is InChI=1S/C17H15N5O2/c1-11-5-16(20-10-19-11)21-15-6-12(8-22(2)17(15)24)14-3-4-18-7-13(14)9-23/h3-10H,1-2H3,(H,19,20,21). The van der Waals surface area contributed by atoms with Crippen molar-refractivity contribution in [3.8, 4) is 11.1 Å². The zero-order valence-electron chi connectivity index (χ0n) is 13.2. The molecule has 0 aromatic carbocycles. The summed E-state index contributed by atoms with van der Waals surface area (Å²) in [7, 11) is 1.66. The highest BCUT2D eigenvalue weighted by molar-refractivity contribution is 5.87. The minimum Gasteiger partial charge on any atom is -0.336 e. The number of hydrogen-bond acceptors (Lipinski definition) is 6. The maximum Gasteiger partial charge on any atom is 0.274 e. The van der Waals surface area contributed by atoms with Crippen LogP contribution in [0.3, 0.4) is 0 Å². The van der Waals surface area contributed by atoms with Crippen LogP contribution in [0.5, 0.6) is 0 Å². The number of nitrogens with one attached hydrogen (secondary N) is 1. The summed E-state index contributed by atoms with van der Waals surface area (Å²) < 4.78 is 1.46. The van der Waals surface area contributed by atoms with Crippen LogP contribution in [0, 0.1) is 6.92 Å². The van der Waals surface area contributed by atoms with Crippen LogP contribution >= 0.6 is 0 Å². The normalized spacial score (nSPS) is 10.4. The Morgan fingerprint density at radius 1 is 1.25 bits per heavy atom. The summed E-state index contributed by atoms with van der Waals surface area (Å²) in [6.07, 6.45) is 6.96. The van der Waals surface area contributed by atoms with E-state index in [9.17, 15) is 9.59 Å². The molecule has 3 heterocycles. The molecule has 0 aliphatic heterocycles. The van der Waals surface area contributed by atoms with Gasteiger partial charge in [0.15, 0.2) is 6.29 Å².